The zero-order valence-corrected chi connectivity index (χ0v) is 7.84. The Bertz CT molecular complexity index is 443. The average Bonchev–Trinajstić information content (AvgIpc) is 2.67. The topological polar surface area (TPSA) is 34.9 Å². The molecule has 3 heteroatoms. The molecule has 0 aliphatic heterocycles. The van der Waals surface area contributed by atoms with E-state index in [1.807, 2.05) is 31.2 Å². The minimum absolute atomic E-state index is 0.681. The Morgan fingerprint density at radius 2 is 2.00 bits per heavy atom. The summed E-state index contributed by atoms with van der Waals surface area (Å²) in [5.74, 6) is 0.681. The fourth-order valence-electron chi connectivity index (χ4n) is 1.32. The molecule has 1 heterocycles. The fourth-order valence-corrected chi connectivity index (χ4v) is 1.32. The number of nitrogens with zero attached hydrogens (tertiary/aromatic N) is 2. The van der Waals surface area contributed by atoms with Crippen molar-refractivity contribution in [3.63, 3.8) is 0 Å². The van der Waals surface area contributed by atoms with E-state index >= 15 is 0 Å². The van der Waals surface area contributed by atoms with Gasteiger partial charge in [-0.2, -0.15) is 0 Å². The predicted octanol–water partition coefficient (Wildman–Crippen LogP) is 1.90. The Kier molecular flexibility index (Phi) is 2.14. The van der Waals surface area contributed by atoms with Crippen molar-refractivity contribution < 1.29 is 4.79 Å². The SMILES string of the molecule is Cc1ccc(-c2nccn2C=O)cc1. The zero-order chi connectivity index (χ0) is 9.97. The number of aryl methyl sites for hydroxylation is 1. The summed E-state index contributed by atoms with van der Waals surface area (Å²) >= 11 is 0. The summed E-state index contributed by atoms with van der Waals surface area (Å²) in [6.45, 7) is 2.02. The van der Waals surface area contributed by atoms with Crippen molar-refractivity contribution in [2.24, 2.45) is 0 Å². The normalized spacial score (nSPS) is 10.1. The van der Waals surface area contributed by atoms with Gasteiger partial charge in [0.15, 0.2) is 0 Å². The molecule has 0 saturated heterocycles. The Hall–Kier alpha value is -1.90. The summed E-state index contributed by atoms with van der Waals surface area (Å²) in [5, 5.41) is 0. The van der Waals surface area contributed by atoms with Crippen LogP contribution in [-0.2, 0) is 4.79 Å². The largest absolute Gasteiger partial charge is 0.278 e. The molecule has 0 N–H and O–H groups in total. The molecule has 0 aliphatic carbocycles. The van der Waals surface area contributed by atoms with Crippen LogP contribution in [0.1, 0.15) is 5.56 Å². The minimum atomic E-state index is 0.681. The van der Waals surface area contributed by atoms with E-state index in [0.29, 0.717) is 5.82 Å². The standard InChI is InChI=1S/C11H10N2O/c1-9-2-4-10(5-3-9)11-12-6-7-13(11)8-14/h2-8H,1H3. The molecule has 14 heavy (non-hydrogen) atoms. The number of hydrogen-bond donors (Lipinski definition) is 0. The summed E-state index contributed by atoms with van der Waals surface area (Å²) in [6, 6.07) is 7.91. The van der Waals surface area contributed by atoms with E-state index < -0.39 is 0 Å². The maximum absolute atomic E-state index is 10.7. The molecule has 0 aliphatic rings. The first-order valence-electron chi connectivity index (χ1n) is 4.36. The van der Waals surface area contributed by atoms with Crippen molar-refractivity contribution in [2.75, 3.05) is 0 Å². The summed E-state index contributed by atoms with van der Waals surface area (Å²) in [5.41, 5.74) is 2.14. The lowest BCUT2D eigenvalue weighted by atomic mass is 10.1. The van der Waals surface area contributed by atoms with Gasteiger partial charge in [-0.25, -0.2) is 4.98 Å². The Morgan fingerprint density at radius 3 is 2.64 bits per heavy atom. The van der Waals surface area contributed by atoms with Crippen LogP contribution in [0.3, 0.4) is 0 Å². The molecular formula is C11H10N2O. The maximum Gasteiger partial charge on any atom is 0.219 e. The van der Waals surface area contributed by atoms with Gasteiger partial charge in [0.2, 0.25) is 6.41 Å². The maximum atomic E-state index is 10.7. The highest BCUT2D eigenvalue weighted by atomic mass is 16.1. The van der Waals surface area contributed by atoms with E-state index in [0.717, 1.165) is 12.0 Å². The van der Waals surface area contributed by atoms with Crippen LogP contribution < -0.4 is 0 Å². The van der Waals surface area contributed by atoms with Crippen LogP contribution in [0.2, 0.25) is 0 Å². The van der Waals surface area contributed by atoms with Crippen LogP contribution in [0.4, 0.5) is 0 Å². The van der Waals surface area contributed by atoms with Gasteiger partial charge in [-0.05, 0) is 6.92 Å². The molecule has 0 atom stereocenters. The van der Waals surface area contributed by atoms with Gasteiger partial charge in [-0.1, -0.05) is 29.8 Å². The lowest BCUT2D eigenvalue weighted by Gasteiger charge is -2.00. The minimum Gasteiger partial charge on any atom is -0.278 e. The third-order valence-corrected chi connectivity index (χ3v) is 2.09. The summed E-state index contributed by atoms with van der Waals surface area (Å²) in [7, 11) is 0. The molecule has 1 aromatic carbocycles. The van der Waals surface area contributed by atoms with Gasteiger partial charge >= 0.3 is 0 Å². The second-order valence-electron chi connectivity index (χ2n) is 3.13. The zero-order valence-electron chi connectivity index (χ0n) is 7.84. The third-order valence-electron chi connectivity index (χ3n) is 2.09. The van der Waals surface area contributed by atoms with Crippen molar-refractivity contribution in [3.05, 3.63) is 42.2 Å². The van der Waals surface area contributed by atoms with Crippen molar-refractivity contribution >= 4 is 6.41 Å². The number of hydrogen-bond acceptors (Lipinski definition) is 2. The van der Waals surface area contributed by atoms with Crippen molar-refractivity contribution in [1.29, 1.82) is 0 Å². The Morgan fingerprint density at radius 1 is 1.29 bits per heavy atom. The molecule has 1 aromatic heterocycles. The predicted molar refractivity (Wildman–Crippen MR) is 54.5 cm³/mol. The van der Waals surface area contributed by atoms with Crippen LogP contribution in [0, 0.1) is 6.92 Å². The van der Waals surface area contributed by atoms with Gasteiger partial charge in [-0.3, -0.25) is 9.36 Å². The number of benzene rings is 1. The third kappa shape index (κ3) is 1.44. The monoisotopic (exact) mass is 186 g/mol. The Labute approximate surface area is 82.0 Å². The highest BCUT2D eigenvalue weighted by molar-refractivity contribution is 5.66. The van der Waals surface area contributed by atoms with E-state index in [-0.39, 0.29) is 0 Å². The molecule has 2 aromatic rings. The van der Waals surface area contributed by atoms with Crippen LogP contribution >= 0.6 is 0 Å². The molecule has 0 spiro atoms. The summed E-state index contributed by atoms with van der Waals surface area (Å²) in [4.78, 5) is 14.8. The second-order valence-corrected chi connectivity index (χ2v) is 3.13. The molecule has 0 unspecified atom stereocenters. The van der Waals surface area contributed by atoms with E-state index in [2.05, 4.69) is 4.98 Å². The van der Waals surface area contributed by atoms with Crippen molar-refractivity contribution in [1.82, 2.24) is 9.55 Å². The number of rotatable bonds is 2. The number of aromatic nitrogens is 2. The lowest BCUT2D eigenvalue weighted by Crippen LogP contribution is -1.96. The molecule has 0 bridgehead atoms. The molecule has 3 nitrogen and oxygen atoms in total. The first-order valence-corrected chi connectivity index (χ1v) is 4.36. The highest BCUT2D eigenvalue weighted by Gasteiger charge is 2.03. The molecular weight excluding hydrogens is 176 g/mol. The van der Waals surface area contributed by atoms with Crippen LogP contribution in [0.15, 0.2) is 36.7 Å². The Balaban J connectivity index is 2.49. The van der Waals surface area contributed by atoms with E-state index in [4.69, 9.17) is 0 Å². The first-order chi connectivity index (χ1) is 6.81. The number of carbonyl (C=O) groups is 1. The van der Waals surface area contributed by atoms with E-state index in [9.17, 15) is 4.79 Å². The molecule has 2 rings (SSSR count). The first kappa shape index (κ1) is 8.69. The molecule has 70 valence electrons. The van der Waals surface area contributed by atoms with Crippen LogP contribution in [0.25, 0.3) is 11.4 Å². The molecule has 0 amide bonds. The van der Waals surface area contributed by atoms with Gasteiger partial charge < -0.3 is 0 Å². The lowest BCUT2D eigenvalue weighted by molar-refractivity contribution is 0.548. The van der Waals surface area contributed by atoms with E-state index in [1.54, 1.807) is 12.4 Å². The molecule has 0 fully saturated rings. The van der Waals surface area contributed by atoms with Gasteiger partial charge in [0.05, 0.1) is 0 Å². The quantitative estimate of drug-likeness (QED) is 0.671. The van der Waals surface area contributed by atoms with Gasteiger partial charge in [0.25, 0.3) is 0 Å². The second kappa shape index (κ2) is 3.46. The average molecular weight is 186 g/mol. The van der Waals surface area contributed by atoms with E-state index in [1.165, 1.54) is 10.1 Å². The smallest absolute Gasteiger partial charge is 0.219 e. The number of imidazole rings is 1. The molecule has 0 saturated carbocycles. The van der Waals surface area contributed by atoms with Crippen molar-refractivity contribution in [2.45, 2.75) is 6.92 Å². The summed E-state index contributed by atoms with van der Waals surface area (Å²) in [6.07, 6.45) is 4.01. The van der Waals surface area contributed by atoms with Crippen LogP contribution in [-0.4, -0.2) is 16.0 Å². The van der Waals surface area contributed by atoms with Gasteiger partial charge in [0.1, 0.15) is 5.82 Å². The van der Waals surface area contributed by atoms with Crippen molar-refractivity contribution in [3.8, 4) is 11.4 Å². The summed E-state index contributed by atoms with van der Waals surface area (Å²) < 4.78 is 1.46. The van der Waals surface area contributed by atoms with Crippen LogP contribution in [0.5, 0.6) is 0 Å². The molecule has 0 radical (unpaired) electrons. The van der Waals surface area contributed by atoms with Gasteiger partial charge in [-0.15, -0.1) is 0 Å². The van der Waals surface area contributed by atoms with Gasteiger partial charge in [0, 0.05) is 18.0 Å². The number of carbonyl (C=O) groups excluding carboxylic acids is 1. The fraction of sp³-hybridized carbons (Fsp3) is 0.0909. The highest BCUT2D eigenvalue weighted by Crippen LogP contribution is 2.16.